The number of aryl methyl sites for hydroxylation is 1. The van der Waals surface area contributed by atoms with Gasteiger partial charge in [0.15, 0.2) is 0 Å². The number of likely N-dealkylation sites (N-methyl/N-ethyl adjacent to an activating group) is 1. The fraction of sp³-hybridized carbons (Fsp3) is 0.636. The van der Waals surface area contributed by atoms with Crippen LogP contribution in [0.5, 0.6) is 0 Å². The van der Waals surface area contributed by atoms with Crippen LogP contribution in [0, 0.1) is 0 Å². The van der Waals surface area contributed by atoms with E-state index in [0.29, 0.717) is 6.04 Å². The van der Waals surface area contributed by atoms with Crippen LogP contribution in [0.25, 0.3) is 0 Å². The summed E-state index contributed by atoms with van der Waals surface area (Å²) in [4.78, 5) is 1.46. The van der Waals surface area contributed by atoms with Crippen LogP contribution >= 0.6 is 11.3 Å². The Hall–Kier alpha value is -0.380. The quantitative estimate of drug-likeness (QED) is 0.750. The summed E-state index contributed by atoms with van der Waals surface area (Å²) in [6, 6.07) is 4.78. The standard InChI is InChI=1S/C11H19NOS/c1-3-13-9-10(12-2)6-7-11-5-4-8-14-11/h4-5,8,10,12H,3,6-7,9H2,1-2H3. The summed E-state index contributed by atoms with van der Waals surface area (Å²) >= 11 is 1.83. The molecule has 0 saturated carbocycles. The van der Waals surface area contributed by atoms with Gasteiger partial charge >= 0.3 is 0 Å². The highest BCUT2D eigenvalue weighted by Gasteiger charge is 2.06. The summed E-state index contributed by atoms with van der Waals surface area (Å²) in [5, 5.41) is 5.41. The third-order valence-electron chi connectivity index (χ3n) is 2.25. The van der Waals surface area contributed by atoms with E-state index >= 15 is 0 Å². The van der Waals surface area contributed by atoms with Gasteiger partial charge in [-0.05, 0) is 38.3 Å². The van der Waals surface area contributed by atoms with Crippen molar-refractivity contribution in [3.8, 4) is 0 Å². The lowest BCUT2D eigenvalue weighted by Gasteiger charge is -2.14. The zero-order chi connectivity index (χ0) is 10.2. The van der Waals surface area contributed by atoms with Gasteiger partial charge in [0.2, 0.25) is 0 Å². The third kappa shape index (κ3) is 4.22. The predicted molar refractivity (Wildman–Crippen MR) is 62.0 cm³/mol. The molecule has 0 bridgehead atoms. The Morgan fingerprint density at radius 2 is 2.43 bits per heavy atom. The van der Waals surface area contributed by atoms with Gasteiger partial charge in [0.05, 0.1) is 6.61 Å². The summed E-state index contributed by atoms with van der Waals surface area (Å²) in [5.74, 6) is 0. The second-order valence-electron chi connectivity index (χ2n) is 3.26. The van der Waals surface area contributed by atoms with E-state index in [1.54, 1.807) is 0 Å². The van der Waals surface area contributed by atoms with E-state index < -0.39 is 0 Å². The number of thiophene rings is 1. The minimum absolute atomic E-state index is 0.483. The van der Waals surface area contributed by atoms with Gasteiger partial charge in [0.1, 0.15) is 0 Å². The number of hydrogen-bond acceptors (Lipinski definition) is 3. The van der Waals surface area contributed by atoms with Crippen molar-refractivity contribution >= 4 is 11.3 Å². The number of hydrogen-bond donors (Lipinski definition) is 1. The maximum atomic E-state index is 5.40. The Morgan fingerprint density at radius 3 is 3.00 bits per heavy atom. The molecule has 2 nitrogen and oxygen atoms in total. The van der Waals surface area contributed by atoms with Gasteiger partial charge in [-0.25, -0.2) is 0 Å². The Bertz CT molecular complexity index is 223. The topological polar surface area (TPSA) is 21.3 Å². The minimum atomic E-state index is 0.483. The molecule has 3 heteroatoms. The summed E-state index contributed by atoms with van der Waals surface area (Å²) in [6.45, 7) is 3.65. The molecule has 1 N–H and O–H groups in total. The maximum absolute atomic E-state index is 5.40. The van der Waals surface area contributed by atoms with Gasteiger partial charge in [-0.3, -0.25) is 0 Å². The van der Waals surface area contributed by atoms with Gasteiger partial charge < -0.3 is 10.1 Å². The Morgan fingerprint density at radius 1 is 1.57 bits per heavy atom. The lowest BCUT2D eigenvalue weighted by molar-refractivity contribution is 0.122. The van der Waals surface area contributed by atoms with Crippen molar-refractivity contribution in [2.24, 2.45) is 0 Å². The number of rotatable bonds is 7. The smallest absolute Gasteiger partial charge is 0.0619 e. The molecule has 1 unspecified atom stereocenters. The first-order valence-electron chi connectivity index (χ1n) is 5.14. The summed E-state index contributed by atoms with van der Waals surface area (Å²) in [7, 11) is 2.00. The van der Waals surface area contributed by atoms with E-state index in [0.717, 1.165) is 26.1 Å². The highest BCUT2D eigenvalue weighted by atomic mass is 32.1. The molecule has 80 valence electrons. The van der Waals surface area contributed by atoms with E-state index in [4.69, 9.17) is 4.74 Å². The molecule has 0 spiro atoms. The van der Waals surface area contributed by atoms with Crippen LogP contribution < -0.4 is 5.32 Å². The third-order valence-corrected chi connectivity index (χ3v) is 3.19. The molecule has 0 saturated heterocycles. The molecule has 1 atom stereocenters. The second kappa shape index (κ2) is 6.98. The molecule has 0 amide bonds. The zero-order valence-corrected chi connectivity index (χ0v) is 9.77. The molecule has 1 aromatic rings. The average Bonchev–Trinajstić information content (AvgIpc) is 2.71. The van der Waals surface area contributed by atoms with Gasteiger partial charge in [-0.1, -0.05) is 6.07 Å². The molecule has 0 aliphatic carbocycles. The normalized spacial score (nSPS) is 13.0. The van der Waals surface area contributed by atoms with E-state index in [1.165, 1.54) is 4.88 Å². The van der Waals surface area contributed by atoms with Crippen LogP contribution in [0.1, 0.15) is 18.2 Å². The molecular weight excluding hydrogens is 194 g/mol. The molecular formula is C11H19NOS. The van der Waals surface area contributed by atoms with Gasteiger partial charge in [-0.2, -0.15) is 0 Å². The van der Waals surface area contributed by atoms with Crippen LogP contribution in [0.2, 0.25) is 0 Å². The van der Waals surface area contributed by atoms with Crippen LogP contribution in [0.4, 0.5) is 0 Å². The SMILES string of the molecule is CCOCC(CCc1cccs1)NC. The van der Waals surface area contributed by atoms with Crippen LogP contribution in [0.15, 0.2) is 17.5 Å². The Balaban J connectivity index is 2.20. The highest BCUT2D eigenvalue weighted by molar-refractivity contribution is 7.09. The van der Waals surface area contributed by atoms with Crippen molar-refractivity contribution in [1.82, 2.24) is 5.32 Å². The first-order valence-corrected chi connectivity index (χ1v) is 6.02. The van der Waals surface area contributed by atoms with Crippen molar-refractivity contribution in [2.45, 2.75) is 25.8 Å². The Labute approximate surface area is 90.3 Å². The zero-order valence-electron chi connectivity index (χ0n) is 8.95. The fourth-order valence-corrected chi connectivity index (χ4v) is 2.07. The van der Waals surface area contributed by atoms with E-state index in [2.05, 4.69) is 22.8 Å². The summed E-state index contributed by atoms with van der Waals surface area (Å²) < 4.78 is 5.40. The summed E-state index contributed by atoms with van der Waals surface area (Å²) in [5.41, 5.74) is 0. The van der Waals surface area contributed by atoms with Gasteiger partial charge in [0, 0.05) is 17.5 Å². The maximum Gasteiger partial charge on any atom is 0.0619 e. The van der Waals surface area contributed by atoms with E-state index in [-0.39, 0.29) is 0 Å². The van der Waals surface area contributed by atoms with Crippen molar-refractivity contribution in [1.29, 1.82) is 0 Å². The summed E-state index contributed by atoms with van der Waals surface area (Å²) in [6.07, 6.45) is 2.30. The fourth-order valence-electron chi connectivity index (χ4n) is 1.34. The number of ether oxygens (including phenoxy) is 1. The largest absolute Gasteiger partial charge is 0.380 e. The molecule has 1 aromatic heterocycles. The molecule has 14 heavy (non-hydrogen) atoms. The molecule has 0 radical (unpaired) electrons. The molecule has 0 aliphatic heterocycles. The van der Waals surface area contributed by atoms with Gasteiger partial charge in [-0.15, -0.1) is 11.3 Å². The van der Waals surface area contributed by atoms with Crippen LogP contribution in [-0.2, 0) is 11.2 Å². The molecule has 1 heterocycles. The van der Waals surface area contributed by atoms with Crippen LogP contribution in [0.3, 0.4) is 0 Å². The van der Waals surface area contributed by atoms with E-state index in [1.807, 2.05) is 25.3 Å². The molecule has 0 aliphatic rings. The molecule has 0 fully saturated rings. The Kier molecular flexibility index (Phi) is 5.83. The lowest BCUT2D eigenvalue weighted by atomic mass is 10.1. The highest BCUT2D eigenvalue weighted by Crippen LogP contribution is 2.12. The van der Waals surface area contributed by atoms with Crippen LogP contribution in [-0.4, -0.2) is 26.3 Å². The minimum Gasteiger partial charge on any atom is -0.380 e. The first-order chi connectivity index (χ1) is 6.86. The van der Waals surface area contributed by atoms with E-state index in [9.17, 15) is 0 Å². The first kappa shape index (κ1) is 11.7. The molecule has 0 aromatic carbocycles. The molecule has 1 rings (SSSR count). The number of nitrogens with one attached hydrogen (secondary N) is 1. The predicted octanol–water partition coefficient (Wildman–Crippen LogP) is 2.31. The van der Waals surface area contributed by atoms with Crippen molar-refractivity contribution < 1.29 is 4.74 Å². The second-order valence-corrected chi connectivity index (χ2v) is 4.30. The lowest BCUT2D eigenvalue weighted by Crippen LogP contribution is -2.30. The monoisotopic (exact) mass is 213 g/mol. The van der Waals surface area contributed by atoms with Gasteiger partial charge in [0.25, 0.3) is 0 Å². The average molecular weight is 213 g/mol. The van der Waals surface area contributed by atoms with Crippen molar-refractivity contribution in [3.05, 3.63) is 22.4 Å². The van der Waals surface area contributed by atoms with Crippen molar-refractivity contribution in [2.75, 3.05) is 20.3 Å². The van der Waals surface area contributed by atoms with Crippen molar-refractivity contribution in [3.63, 3.8) is 0 Å².